The Balaban J connectivity index is 3.27. The Morgan fingerprint density at radius 1 is 1.38 bits per heavy atom. The zero-order chi connectivity index (χ0) is 12.1. The number of nitrogens with zero attached hydrogens (tertiary/aromatic N) is 1. The lowest BCUT2D eigenvalue weighted by molar-refractivity contribution is 1.28. The molecule has 0 fully saturated rings. The maximum absolute atomic E-state index is 5.58. The van der Waals surface area contributed by atoms with Crippen molar-refractivity contribution in [3.05, 3.63) is 53.7 Å². The maximum Gasteiger partial charge on any atom is 0.0961 e. The molecule has 84 valence electrons. The molecule has 2 N–H and O–H groups in total. The second kappa shape index (κ2) is 5.31. The fourth-order valence-electron chi connectivity index (χ4n) is 1.61. The van der Waals surface area contributed by atoms with Crippen molar-refractivity contribution in [3.63, 3.8) is 0 Å². The first-order valence-electron chi connectivity index (χ1n) is 5.25. The van der Waals surface area contributed by atoms with E-state index in [-0.39, 0.29) is 0 Å². The molecule has 0 saturated carbocycles. The third-order valence-electron chi connectivity index (χ3n) is 2.27. The number of aliphatic imine (C=N–C) groups is 1. The van der Waals surface area contributed by atoms with Gasteiger partial charge in [-0.25, -0.2) is 4.99 Å². The van der Waals surface area contributed by atoms with E-state index in [9.17, 15) is 0 Å². The highest BCUT2D eigenvalue weighted by atomic mass is 14.8. The van der Waals surface area contributed by atoms with E-state index in [1.807, 2.05) is 19.1 Å². The number of allylic oxidation sites excluding steroid dienone is 3. The van der Waals surface area contributed by atoms with Crippen LogP contribution in [0.25, 0.3) is 5.57 Å². The van der Waals surface area contributed by atoms with Crippen LogP contribution >= 0.6 is 0 Å². The minimum absolute atomic E-state index is 0.560. The highest BCUT2D eigenvalue weighted by Gasteiger charge is 2.02. The van der Waals surface area contributed by atoms with Gasteiger partial charge >= 0.3 is 0 Å². The van der Waals surface area contributed by atoms with Crippen LogP contribution in [0.5, 0.6) is 0 Å². The SMILES string of the molecule is C=C/C(=C(/C)N=C(C)N)c1cccc(C)c1. The second-order valence-corrected chi connectivity index (χ2v) is 3.83. The fourth-order valence-corrected chi connectivity index (χ4v) is 1.61. The normalized spacial score (nSPS) is 13.3. The molecule has 0 amide bonds. The Bertz CT molecular complexity index is 450. The van der Waals surface area contributed by atoms with E-state index in [1.165, 1.54) is 5.56 Å². The Kier molecular flexibility index (Phi) is 4.06. The van der Waals surface area contributed by atoms with Crippen LogP contribution < -0.4 is 5.73 Å². The zero-order valence-corrected chi connectivity index (χ0v) is 10.1. The van der Waals surface area contributed by atoms with Gasteiger partial charge in [0.1, 0.15) is 0 Å². The van der Waals surface area contributed by atoms with Crippen molar-refractivity contribution in [2.24, 2.45) is 10.7 Å². The summed E-state index contributed by atoms with van der Waals surface area (Å²) < 4.78 is 0. The molecule has 0 aliphatic rings. The van der Waals surface area contributed by atoms with Gasteiger partial charge in [-0.05, 0) is 26.3 Å². The number of hydrogen-bond acceptors (Lipinski definition) is 1. The first-order valence-corrected chi connectivity index (χ1v) is 5.25. The van der Waals surface area contributed by atoms with Crippen LogP contribution in [-0.4, -0.2) is 5.84 Å². The molecule has 2 nitrogen and oxygen atoms in total. The average Bonchev–Trinajstić information content (AvgIpc) is 2.17. The highest BCUT2D eigenvalue weighted by molar-refractivity contribution is 5.82. The van der Waals surface area contributed by atoms with Crippen molar-refractivity contribution in [1.29, 1.82) is 0 Å². The van der Waals surface area contributed by atoms with Gasteiger partial charge < -0.3 is 5.73 Å². The molecule has 0 spiro atoms. The Morgan fingerprint density at radius 2 is 2.06 bits per heavy atom. The van der Waals surface area contributed by atoms with Gasteiger partial charge in [0, 0.05) is 11.3 Å². The highest BCUT2D eigenvalue weighted by Crippen LogP contribution is 2.21. The predicted molar refractivity (Wildman–Crippen MR) is 71.3 cm³/mol. The van der Waals surface area contributed by atoms with Gasteiger partial charge in [0.2, 0.25) is 0 Å². The summed E-state index contributed by atoms with van der Waals surface area (Å²) in [6, 6.07) is 8.26. The summed E-state index contributed by atoms with van der Waals surface area (Å²) in [5.41, 5.74) is 9.83. The van der Waals surface area contributed by atoms with Crippen LogP contribution in [0.1, 0.15) is 25.0 Å². The molecule has 0 radical (unpaired) electrons. The number of hydrogen-bond donors (Lipinski definition) is 1. The van der Waals surface area contributed by atoms with E-state index in [2.05, 4.69) is 36.7 Å². The Labute approximate surface area is 97.2 Å². The van der Waals surface area contributed by atoms with Gasteiger partial charge in [-0.1, -0.05) is 42.5 Å². The summed E-state index contributed by atoms with van der Waals surface area (Å²) in [5, 5.41) is 0. The van der Waals surface area contributed by atoms with Crippen LogP contribution in [0.4, 0.5) is 0 Å². The molecule has 1 aromatic carbocycles. The van der Waals surface area contributed by atoms with Crippen molar-refractivity contribution in [3.8, 4) is 0 Å². The molecule has 16 heavy (non-hydrogen) atoms. The van der Waals surface area contributed by atoms with Gasteiger partial charge in [0.05, 0.1) is 5.84 Å². The molecular weight excluding hydrogens is 196 g/mol. The summed E-state index contributed by atoms with van der Waals surface area (Å²) >= 11 is 0. The third-order valence-corrected chi connectivity index (χ3v) is 2.27. The standard InChI is InChI=1S/C14H18N2/c1-5-14(11(3)16-12(4)15)13-8-6-7-10(2)9-13/h5-9H,1H2,2-4H3,(H2,15,16)/b14-11+. The lowest BCUT2D eigenvalue weighted by Crippen LogP contribution is -2.05. The number of amidine groups is 1. The van der Waals surface area contributed by atoms with E-state index in [0.717, 1.165) is 16.8 Å². The summed E-state index contributed by atoms with van der Waals surface area (Å²) in [6.45, 7) is 9.61. The number of benzene rings is 1. The number of rotatable bonds is 3. The summed E-state index contributed by atoms with van der Waals surface area (Å²) in [6.07, 6.45) is 1.82. The molecule has 0 saturated heterocycles. The minimum atomic E-state index is 0.560. The molecule has 0 aromatic heterocycles. The maximum atomic E-state index is 5.58. The fraction of sp³-hybridized carbons (Fsp3) is 0.214. The van der Waals surface area contributed by atoms with Gasteiger partial charge in [-0.3, -0.25) is 0 Å². The van der Waals surface area contributed by atoms with E-state index in [1.54, 1.807) is 6.92 Å². The molecule has 1 aromatic rings. The van der Waals surface area contributed by atoms with Crippen LogP contribution in [0.15, 0.2) is 47.6 Å². The topological polar surface area (TPSA) is 38.4 Å². The van der Waals surface area contributed by atoms with Gasteiger partial charge in [-0.15, -0.1) is 0 Å². The van der Waals surface area contributed by atoms with Gasteiger partial charge in [0.15, 0.2) is 0 Å². The Morgan fingerprint density at radius 3 is 2.56 bits per heavy atom. The lowest BCUT2D eigenvalue weighted by Gasteiger charge is -2.06. The van der Waals surface area contributed by atoms with Gasteiger partial charge in [0.25, 0.3) is 0 Å². The minimum Gasteiger partial charge on any atom is -0.387 e. The number of aryl methyl sites for hydroxylation is 1. The first-order chi connectivity index (χ1) is 7.54. The second-order valence-electron chi connectivity index (χ2n) is 3.83. The molecule has 2 heteroatoms. The molecule has 0 aliphatic carbocycles. The van der Waals surface area contributed by atoms with E-state index in [0.29, 0.717) is 5.84 Å². The van der Waals surface area contributed by atoms with Crippen molar-refractivity contribution in [2.45, 2.75) is 20.8 Å². The van der Waals surface area contributed by atoms with Crippen molar-refractivity contribution < 1.29 is 0 Å². The summed E-state index contributed by atoms with van der Waals surface area (Å²) in [4.78, 5) is 4.26. The molecule has 0 unspecified atom stereocenters. The van der Waals surface area contributed by atoms with Crippen molar-refractivity contribution in [1.82, 2.24) is 0 Å². The van der Waals surface area contributed by atoms with E-state index < -0.39 is 0 Å². The first kappa shape index (κ1) is 12.2. The van der Waals surface area contributed by atoms with Gasteiger partial charge in [-0.2, -0.15) is 0 Å². The molecule has 0 bridgehead atoms. The van der Waals surface area contributed by atoms with Crippen molar-refractivity contribution in [2.75, 3.05) is 0 Å². The molecular formula is C14H18N2. The van der Waals surface area contributed by atoms with E-state index in [4.69, 9.17) is 5.73 Å². The average molecular weight is 214 g/mol. The largest absolute Gasteiger partial charge is 0.387 e. The zero-order valence-electron chi connectivity index (χ0n) is 10.1. The van der Waals surface area contributed by atoms with E-state index >= 15 is 0 Å². The smallest absolute Gasteiger partial charge is 0.0961 e. The monoisotopic (exact) mass is 214 g/mol. The summed E-state index contributed by atoms with van der Waals surface area (Å²) in [5.74, 6) is 0.560. The quantitative estimate of drug-likeness (QED) is 0.468. The molecule has 1 rings (SSSR count). The summed E-state index contributed by atoms with van der Waals surface area (Å²) in [7, 11) is 0. The molecule has 0 atom stereocenters. The molecule has 0 aliphatic heterocycles. The van der Waals surface area contributed by atoms with Crippen LogP contribution in [0.2, 0.25) is 0 Å². The number of nitrogens with two attached hydrogens (primary N) is 1. The predicted octanol–water partition coefficient (Wildman–Crippen LogP) is 3.29. The molecule has 0 heterocycles. The van der Waals surface area contributed by atoms with Crippen LogP contribution in [0.3, 0.4) is 0 Å². The Hall–Kier alpha value is -1.83. The lowest BCUT2D eigenvalue weighted by atomic mass is 10.0. The third kappa shape index (κ3) is 3.09. The van der Waals surface area contributed by atoms with Crippen LogP contribution in [0, 0.1) is 6.92 Å². The van der Waals surface area contributed by atoms with Crippen LogP contribution in [-0.2, 0) is 0 Å². The van der Waals surface area contributed by atoms with Crippen molar-refractivity contribution >= 4 is 11.4 Å².